The van der Waals surface area contributed by atoms with Crippen molar-refractivity contribution in [2.24, 2.45) is 0 Å². The van der Waals surface area contributed by atoms with Crippen LogP contribution < -0.4 is 0 Å². The van der Waals surface area contributed by atoms with Crippen LogP contribution in [0.2, 0.25) is 0 Å². The SMILES string of the molecule is COC[C@@H](O)CN(CCc1ccccn1)C(=O)c1cccc(F)c1-c1cc(-c2ccc(F)cc2)n[nH]1. The molecule has 2 aromatic carbocycles. The average Bonchev–Trinajstić information content (AvgIpc) is 3.37. The van der Waals surface area contributed by atoms with Gasteiger partial charge in [0.1, 0.15) is 11.6 Å². The molecule has 0 unspecified atom stereocenters. The van der Waals surface area contributed by atoms with Crippen molar-refractivity contribution in [3.63, 3.8) is 0 Å². The Morgan fingerprint density at radius 2 is 1.92 bits per heavy atom. The summed E-state index contributed by atoms with van der Waals surface area (Å²) in [5, 5.41) is 17.4. The normalized spacial score (nSPS) is 11.9. The number of pyridine rings is 1. The molecule has 0 saturated carbocycles. The van der Waals surface area contributed by atoms with Gasteiger partial charge < -0.3 is 14.7 Å². The molecule has 36 heavy (non-hydrogen) atoms. The summed E-state index contributed by atoms with van der Waals surface area (Å²) in [5.41, 5.74) is 2.39. The summed E-state index contributed by atoms with van der Waals surface area (Å²) in [6.45, 7) is 0.306. The fraction of sp³-hybridized carbons (Fsp3) is 0.222. The molecule has 0 spiro atoms. The van der Waals surface area contributed by atoms with E-state index < -0.39 is 17.8 Å². The predicted molar refractivity (Wildman–Crippen MR) is 131 cm³/mol. The van der Waals surface area contributed by atoms with Crippen LogP contribution in [0.3, 0.4) is 0 Å². The minimum atomic E-state index is -0.920. The average molecular weight is 493 g/mol. The van der Waals surface area contributed by atoms with E-state index in [0.29, 0.717) is 23.4 Å². The van der Waals surface area contributed by atoms with Gasteiger partial charge in [-0.1, -0.05) is 12.1 Å². The highest BCUT2D eigenvalue weighted by molar-refractivity contribution is 6.00. The number of carbonyl (C=O) groups excluding carboxylic acids is 1. The number of aliphatic hydroxyl groups is 1. The maximum Gasteiger partial charge on any atom is 0.254 e. The largest absolute Gasteiger partial charge is 0.389 e. The van der Waals surface area contributed by atoms with E-state index in [9.17, 15) is 14.3 Å². The van der Waals surface area contributed by atoms with Crippen LogP contribution in [0.5, 0.6) is 0 Å². The second-order valence-electron chi connectivity index (χ2n) is 8.27. The first-order valence-electron chi connectivity index (χ1n) is 11.4. The molecule has 0 saturated heterocycles. The summed E-state index contributed by atoms with van der Waals surface area (Å²) in [5.74, 6) is -1.43. The Morgan fingerprint density at radius 1 is 1.11 bits per heavy atom. The van der Waals surface area contributed by atoms with Crippen LogP contribution in [-0.4, -0.2) is 64.0 Å². The van der Waals surface area contributed by atoms with Gasteiger partial charge in [0.15, 0.2) is 0 Å². The van der Waals surface area contributed by atoms with Gasteiger partial charge in [-0.25, -0.2) is 8.78 Å². The number of carbonyl (C=O) groups is 1. The Labute approximate surface area is 207 Å². The molecule has 186 valence electrons. The number of amides is 1. The number of halogens is 2. The van der Waals surface area contributed by atoms with Crippen molar-refractivity contribution < 1.29 is 23.4 Å². The van der Waals surface area contributed by atoms with Gasteiger partial charge in [-0.05, 0) is 54.6 Å². The molecule has 0 aliphatic carbocycles. The number of hydrogen-bond acceptors (Lipinski definition) is 5. The van der Waals surface area contributed by atoms with Crippen molar-refractivity contribution in [3.8, 4) is 22.5 Å². The number of nitrogens with zero attached hydrogens (tertiary/aromatic N) is 3. The summed E-state index contributed by atoms with van der Waals surface area (Å²) >= 11 is 0. The van der Waals surface area contributed by atoms with E-state index in [2.05, 4.69) is 15.2 Å². The van der Waals surface area contributed by atoms with Crippen molar-refractivity contribution in [1.29, 1.82) is 0 Å². The molecule has 4 rings (SSSR count). The van der Waals surface area contributed by atoms with E-state index in [-0.39, 0.29) is 36.6 Å². The molecule has 9 heteroatoms. The molecule has 0 fully saturated rings. The van der Waals surface area contributed by atoms with Gasteiger partial charge in [-0.15, -0.1) is 0 Å². The molecule has 0 aliphatic heterocycles. The molecule has 0 bridgehead atoms. The first-order chi connectivity index (χ1) is 17.5. The van der Waals surface area contributed by atoms with Crippen molar-refractivity contribution in [2.75, 3.05) is 26.8 Å². The third-order valence-corrected chi connectivity index (χ3v) is 5.67. The zero-order valence-corrected chi connectivity index (χ0v) is 19.7. The zero-order chi connectivity index (χ0) is 25.5. The summed E-state index contributed by atoms with van der Waals surface area (Å²) < 4.78 is 33.4. The molecular formula is C27H26F2N4O3. The number of methoxy groups -OCH3 is 1. The molecule has 1 amide bonds. The Kier molecular flexibility index (Phi) is 8.14. The number of ether oxygens (including phenoxy) is 1. The minimum absolute atomic E-state index is 0.000728. The minimum Gasteiger partial charge on any atom is -0.389 e. The van der Waals surface area contributed by atoms with E-state index in [1.165, 1.54) is 42.3 Å². The van der Waals surface area contributed by atoms with Gasteiger partial charge in [0.25, 0.3) is 5.91 Å². The summed E-state index contributed by atoms with van der Waals surface area (Å²) in [7, 11) is 1.46. The number of aromatic amines is 1. The van der Waals surface area contributed by atoms with Crippen LogP contribution in [0.15, 0.2) is 72.9 Å². The topological polar surface area (TPSA) is 91.3 Å². The summed E-state index contributed by atoms with van der Waals surface area (Å²) in [4.78, 5) is 19.4. The van der Waals surface area contributed by atoms with E-state index in [1.54, 1.807) is 30.5 Å². The third-order valence-electron chi connectivity index (χ3n) is 5.67. The molecule has 2 aromatic heterocycles. The maximum absolute atomic E-state index is 15.1. The summed E-state index contributed by atoms with van der Waals surface area (Å²) in [6.07, 6.45) is 1.20. The fourth-order valence-corrected chi connectivity index (χ4v) is 3.94. The smallest absolute Gasteiger partial charge is 0.254 e. The maximum atomic E-state index is 15.1. The molecule has 0 radical (unpaired) electrons. The van der Waals surface area contributed by atoms with Gasteiger partial charge in [-0.3, -0.25) is 14.9 Å². The number of aromatic nitrogens is 3. The number of rotatable bonds is 10. The monoisotopic (exact) mass is 492 g/mol. The lowest BCUT2D eigenvalue weighted by molar-refractivity contribution is 0.0331. The van der Waals surface area contributed by atoms with E-state index in [0.717, 1.165) is 5.69 Å². The number of benzene rings is 2. The van der Waals surface area contributed by atoms with Crippen LogP contribution in [0.4, 0.5) is 8.78 Å². The highest BCUT2D eigenvalue weighted by atomic mass is 19.1. The third kappa shape index (κ3) is 5.99. The molecule has 4 aromatic rings. The highest BCUT2D eigenvalue weighted by Crippen LogP contribution is 2.30. The van der Waals surface area contributed by atoms with Crippen LogP contribution in [0.1, 0.15) is 16.1 Å². The first kappa shape index (κ1) is 25.2. The van der Waals surface area contributed by atoms with Crippen molar-refractivity contribution in [2.45, 2.75) is 12.5 Å². The molecule has 0 aliphatic rings. The molecule has 2 heterocycles. The molecule has 2 N–H and O–H groups in total. The van der Waals surface area contributed by atoms with Gasteiger partial charge in [-0.2, -0.15) is 5.10 Å². The Balaban J connectivity index is 1.65. The number of hydrogen-bond donors (Lipinski definition) is 2. The van der Waals surface area contributed by atoms with Gasteiger partial charge >= 0.3 is 0 Å². The van der Waals surface area contributed by atoms with E-state index in [4.69, 9.17) is 4.74 Å². The summed E-state index contributed by atoms with van der Waals surface area (Å²) in [6, 6.07) is 17.2. The van der Waals surface area contributed by atoms with Crippen molar-refractivity contribution >= 4 is 5.91 Å². The lowest BCUT2D eigenvalue weighted by Gasteiger charge is -2.26. The van der Waals surface area contributed by atoms with Gasteiger partial charge in [0, 0.05) is 49.6 Å². The quantitative estimate of drug-likeness (QED) is 0.348. The zero-order valence-electron chi connectivity index (χ0n) is 19.7. The standard InChI is InChI=1S/C27H26F2N4O3/c1-36-17-21(34)16-33(14-12-20-5-2-3-13-30-20)27(35)22-6-4-7-23(29)26(22)25-15-24(31-32-25)18-8-10-19(28)11-9-18/h2-11,13,15,21,34H,12,14,16-17H2,1H3,(H,31,32)/t21-/m0/s1. The Bertz CT molecular complexity index is 1300. The lowest BCUT2D eigenvalue weighted by Crippen LogP contribution is -2.40. The van der Waals surface area contributed by atoms with Crippen LogP contribution >= 0.6 is 0 Å². The van der Waals surface area contributed by atoms with Crippen LogP contribution in [0, 0.1) is 11.6 Å². The van der Waals surface area contributed by atoms with Crippen LogP contribution in [-0.2, 0) is 11.2 Å². The van der Waals surface area contributed by atoms with Crippen LogP contribution in [0.25, 0.3) is 22.5 Å². The molecule has 1 atom stereocenters. The number of H-pyrrole nitrogens is 1. The predicted octanol–water partition coefficient (Wildman–Crippen LogP) is 4.11. The van der Waals surface area contributed by atoms with Crippen molar-refractivity contribution in [1.82, 2.24) is 20.1 Å². The number of nitrogens with one attached hydrogen (secondary N) is 1. The second kappa shape index (κ2) is 11.7. The van der Waals surface area contributed by atoms with E-state index in [1.807, 2.05) is 12.1 Å². The first-order valence-corrected chi connectivity index (χ1v) is 11.4. The van der Waals surface area contributed by atoms with Gasteiger partial charge in [0.2, 0.25) is 0 Å². The lowest BCUT2D eigenvalue weighted by atomic mass is 10.0. The highest BCUT2D eigenvalue weighted by Gasteiger charge is 2.25. The Morgan fingerprint density at radius 3 is 2.64 bits per heavy atom. The fourth-order valence-electron chi connectivity index (χ4n) is 3.94. The van der Waals surface area contributed by atoms with Crippen molar-refractivity contribution in [3.05, 3.63) is 95.8 Å². The van der Waals surface area contributed by atoms with E-state index >= 15 is 4.39 Å². The molecule has 7 nitrogen and oxygen atoms in total. The van der Waals surface area contributed by atoms with Gasteiger partial charge in [0.05, 0.1) is 29.7 Å². The molecular weight excluding hydrogens is 466 g/mol. The Hall–Kier alpha value is -3.95. The second-order valence-corrected chi connectivity index (χ2v) is 8.27. The number of aliphatic hydroxyl groups excluding tert-OH is 1.